The molecule has 0 amide bonds. The molecule has 2 aliphatic carbocycles. The Hall–Kier alpha value is -1.88. The highest BCUT2D eigenvalue weighted by Crippen LogP contribution is 2.61. The van der Waals surface area contributed by atoms with Crippen LogP contribution < -0.4 is 5.73 Å². The highest BCUT2D eigenvalue weighted by atomic mass is 16.5. The van der Waals surface area contributed by atoms with Gasteiger partial charge in [-0.25, -0.2) is 0 Å². The molecule has 0 heterocycles. The number of hydrogen-bond acceptors (Lipinski definition) is 4. The van der Waals surface area contributed by atoms with Crippen molar-refractivity contribution in [2.75, 3.05) is 0 Å². The molecule has 0 bridgehead atoms. The molecule has 2 saturated carbocycles. The number of hydrogen-bond donors (Lipinski definition) is 2. The quantitative estimate of drug-likeness (QED) is 0.819. The molecule has 112 valence electrons. The summed E-state index contributed by atoms with van der Waals surface area (Å²) in [6.45, 7) is 2.13. The number of fused-ring (bicyclic) bond motifs is 1. The summed E-state index contributed by atoms with van der Waals surface area (Å²) < 4.78 is 5.36. The summed E-state index contributed by atoms with van der Waals surface area (Å²) in [6, 6.07) is 7.67. The third-order valence-electron chi connectivity index (χ3n) is 4.94. The number of carbonyl (C=O) groups is 2. The van der Waals surface area contributed by atoms with Crippen LogP contribution in [0.2, 0.25) is 0 Å². The van der Waals surface area contributed by atoms with Crippen LogP contribution in [0.1, 0.15) is 24.0 Å². The molecule has 2 fully saturated rings. The molecule has 1 aromatic carbocycles. The SMILES string of the molecule is Cc1ccccc1COC(=O)C1(N)CCC2C(C(=O)O)C21. The van der Waals surface area contributed by atoms with Crippen molar-refractivity contribution in [3.8, 4) is 0 Å². The summed E-state index contributed by atoms with van der Waals surface area (Å²) in [4.78, 5) is 23.4. The third kappa shape index (κ3) is 2.21. The van der Waals surface area contributed by atoms with E-state index in [4.69, 9.17) is 15.6 Å². The summed E-state index contributed by atoms with van der Waals surface area (Å²) in [7, 11) is 0. The minimum absolute atomic E-state index is 0.0403. The van der Waals surface area contributed by atoms with Gasteiger partial charge in [-0.3, -0.25) is 9.59 Å². The standard InChI is InChI=1S/C16H19NO4/c1-9-4-2-3-5-10(9)8-21-15(20)16(17)7-6-11-12(13(11)16)14(18)19/h2-5,11-13H,6-8,17H2,1H3,(H,18,19). The van der Waals surface area contributed by atoms with Crippen molar-refractivity contribution >= 4 is 11.9 Å². The second kappa shape index (κ2) is 4.84. The van der Waals surface area contributed by atoms with Crippen molar-refractivity contribution < 1.29 is 19.4 Å². The molecular formula is C16H19NO4. The van der Waals surface area contributed by atoms with Crippen LogP contribution >= 0.6 is 0 Å². The average molecular weight is 289 g/mol. The lowest BCUT2D eigenvalue weighted by atomic mass is 9.91. The van der Waals surface area contributed by atoms with Gasteiger partial charge in [-0.1, -0.05) is 24.3 Å². The maximum absolute atomic E-state index is 12.3. The number of nitrogens with two attached hydrogens (primary N) is 1. The molecule has 21 heavy (non-hydrogen) atoms. The monoisotopic (exact) mass is 289 g/mol. The van der Waals surface area contributed by atoms with Crippen LogP contribution in [0.4, 0.5) is 0 Å². The van der Waals surface area contributed by atoms with Gasteiger partial charge in [0.25, 0.3) is 0 Å². The molecule has 0 saturated heterocycles. The number of carboxylic acids is 1. The smallest absolute Gasteiger partial charge is 0.326 e. The largest absolute Gasteiger partial charge is 0.481 e. The van der Waals surface area contributed by atoms with E-state index in [9.17, 15) is 9.59 Å². The van der Waals surface area contributed by atoms with Crippen LogP contribution in [-0.4, -0.2) is 22.6 Å². The summed E-state index contributed by atoms with van der Waals surface area (Å²) in [6.07, 6.45) is 1.20. The van der Waals surface area contributed by atoms with Gasteiger partial charge in [0.1, 0.15) is 12.1 Å². The van der Waals surface area contributed by atoms with Gasteiger partial charge in [-0.15, -0.1) is 0 Å². The van der Waals surface area contributed by atoms with Gasteiger partial charge in [0.15, 0.2) is 0 Å². The Morgan fingerprint density at radius 3 is 2.76 bits per heavy atom. The molecule has 4 unspecified atom stereocenters. The molecule has 5 heteroatoms. The molecule has 0 spiro atoms. The molecule has 0 aromatic heterocycles. The Morgan fingerprint density at radius 1 is 1.43 bits per heavy atom. The number of esters is 1. The van der Waals surface area contributed by atoms with Gasteiger partial charge >= 0.3 is 11.9 Å². The first kappa shape index (κ1) is 14.1. The fourth-order valence-electron chi connectivity index (χ4n) is 3.63. The zero-order chi connectivity index (χ0) is 15.2. The second-order valence-corrected chi connectivity index (χ2v) is 6.14. The number of aliphatic carboxylic acids is 1. The minimum atomic E-state index is -1.13. The van der Waals surface area contributed by atoms with E-state index < -0.39 is 23.4 Å². The second-order valence-electron chi connectivity index (χ2n) is 6.14. The molecule has 1 aromatic rings. The molecule has 0 radical (unpaired) electrons. The van der Waals surface area contributed by atoms with Gasteiger partial charge in [-0.2, -0.15) is 0 Å². The summed E-state index contributed by atoms with van der Waals surface area (Å²) in [5.41, 5.74) is 7.04. The van der Waals surface area contributed by atoms with E-state index in [1.165, 1.54) is 0 Å². The topological polar surface area (TPSA) is 89.6 Å². The van der Waals surface area contributed by atoms with Crippen molar-refractivity contribution in [2.24, 2.45) is 23.5 Å². The number of carbonyl (C=O) groups excluding carboxylic acids is 1. The van der Waals surface area contributed by atoms with Gasteiger partial charge < -0.3 is 15.6 Å². The molecule has 4 atom stereocenters. The van der Waals surface area contributed by atoms with E-state index in [0.717, 1.165) is 11.1 Å². The molecule has 3 N–H and O–H groups in total. The zero-order valence-corrected chi connectivity index (χ0v) is 11.9. The summed E-state index contributed by atoms with van der Waals surface area (Å²) in [5, 5.41) is 9.11. The Bertz CT molecular complexity index is 600. The molecular weight excluding hydrogens is 270 g/mol. The van der Waals surface area contributed by atoms with Crippen LogP contribution in [0.5, 0.6) is 0 Å². The molecule has 5 nitrogen and oxygen atoms in total. The van der Waals surface area contributed by atoms with E-state index >= 15 is 0 Å². The highest BCUT2D eigenvalue weighted by molar-refractivity contribution is 5.86. The van der Waals surface area contributed by atoms with Crippen molar-refractivity contribution in [1.29, 1.82) is 0 Å². The van der Waals surface area contributed by atoms with Crippen LogP contribution in [0.3, 0.4) is 0 Å². The van der Waals surface area contributed by atoms with Gasteiger partial charge in [0.2, 0.25) is 0 Å². The van der Waals surface area contributed by atoms with E-state index in [-0.39, 0.29) is 18.4 Å². The number of aryl methyl sites for hydroxylation is 1. The predicted octanol–water partition coefficient (Wildman–Crippen LogP) is 1.48. The first-order valence-electron chi connectivity index (χ1n) is 7.18. The summed E-state index contributed by atoms with van der Waals surface area (Å²) in [5.74, 6) is -2.03. The van der Waals surface area contributed by atoms with Crippen molar-refractivity contribution in [2.45, 2.75) is 31.9 Å². The van der Waals surface area contributed by atoms with Crippen LogP contribution in [0.15, 0.2) is 24.3 Å². The van der Waals surface area contributed by atoms with Gasteiger partial charge in [-0.05, 0) is 36.8 Å². The lowest BCUT2D eigenvalue weighted by Gasteiger charge is -2.24. The Morgan fingerprint density at radius 2 is 2.14 bits per heavy atom. The Kier molecular flexibility index (Phi) is 3.24. The first-order valence-corrected chi connectivity index (χ1v) is 7.18. The van der Waals surface area contributed by atoms with E-state index in [1.54, 1.807) is 0 Å². The lowest BCUT2D eigenvalue weighted by Crippen LogP contribution is -2.50. The van der Waals surface area contributed by atoms with Crippen molar-refractivity contribution in [1.82, 2.24) is 0 Å². The minimum Gasteiger partial charge on any atom is -0.481 e. The Balaban J connectivity index is 1.66. The van der Waals surface area contributed by atoms with Crippen molar-refractivity contribution in [3.63, 3.8) is 0 Å². The van der Waals surface area contributed by atoms with E-state index in [0.29, 0.717) is 12.8 Å². The maximum Gasteiger partial charge on any atom is 0.326 e. The normalized spacial score (nSPS) is 33.3. The van der Waals surface area contributed by atoms with Crippen LogP contribution in [0, 0.1) is 24.7 Å². The van der Waals surface area contributed by atoms with E-state index in [1.807, 2.05) is 31.2 Å². The van der Waals surface area contributed by atoms with Crippen LogP contribution in [-0.2, 0) is 20.9 Å². The third-order valence-corrected chi connectivity index (χ3v) is 4.94. The van der Waals surface area contributed by atoms with E-state index in [2.05, 4.69) is 0 Å². The fourth-order valence-corrected chi connectivity index (χ4v) is 3.63. The number of benzene rings is 1. The molecule has 3 rings (SSSR count). The maximum atomic E-state index is 12.3. The zero-order valence-electron chi connectivity index (χ0n) is 11.9. The van der Waals surface area contributed by atoms with Gasteiger partial charge in [0.05, 0.1) is 5.92 Å². The van der Waals surface area contributed by atoms with Crippen LogP contribution in [0.25, 0.3) is 0 Å². The summed E-state index contributed by atoms with van der Waals surface area (Å²) >= 11 is 0. The average Bonchev–Trinajstić information content (AvgIpc) is 3.10. The number of carboxylic acid groups (broad SMARTS) is 1. The lowest BCUT2D eigenvalue weighted by molar-refractivity contribution is -0.153. The Labute approximate surface area is 123 Å². The highest BCUT2D eigenvalue weighted by Gasteiger charge is 2.70. The molecule has 0 aliphatic heterocycles. The fraction of sp³-hybridized carbons (Fsp3) is 0.500. The number of ether oxygens (including phenoxy) is 1. The predicted molar refractivity (Wildman–Crippen MR) is 75.2 cm³/mol. The number of rotatable bonds is 4. The molecule has 2 aliphatic rings. The van der Waals surface area contributed by atoms with Crippen molar-refractivity contribution in [3.05, 3.63) is 35.4 Å². The first-order chi connectivity index (χ1) is 9.95. The van der Waals surface area contributed by atoms with Gasteiger partial charge in [0, 0.05) is 5.92 Å².